The van der Waals surface area contributed by atoms with Crippen LogP contribution in [0.15, 0.2) is 48.7 Å². The SMILES string of the molecule is CC(C)NC(=O)c1ccc(Nc2ncc3cccc(OC(C)C)c3n2)cc1. The molecular weight excluding hydrogens is 340 g/mol. The number of anilines is 2. The molecule has 0 aliphatic heterocycles. The molecule has 6 heteroatoms. The van der Waals surface area contributed by atoms with E-state index in [1.165, 1.54) is 0 Å². The van der Waals surface area contributed by atoms with Crippen LogP contribution in [0.3, 0.4) is 0 Å². The molecule has 2 aromatic carbocycles. The van der Waals surface area contributed by atoms with Gasteiger partial charge < -0.3 is 15.4 Å². The van der Waals surface area contributed by atoms with Gasteiger partial charge in [0, 0.05) is 28.9 Å². The maximum Gasteiger partial charge on any atom is 0.251 e. The van der Waals surface area contributed by atoms with Gasteiger partial charge in [-0.05, 0) is 58.0 Å². The van der Waals surface area contributed by atoms with E-state index in [1.807, 2.05) is 58.0 Å². The number of para-hydroxylation sites is 1. The summed E-state index contributed by atoms with van der Waals surface area (Å²) in [7, 11) is 0. The molecule has 1 aromatic heterocycles. The Hall–Kier alpha value is -3.15. The highest BCUT2D eigenvalue weighted by molar-refractivity contribution is 5.94. The highest BCUT2D eigenvalue weighted by Crippen LogP contribution is 2.26. The molecule has 140 valence electrons. The maximum absolute atomic E-state index is 12.0. The van der Waals surface area contributed by atoms with E-state index >= 15 is 0 Å². The predicted molar refractivity (Wildman–Crippen MR) is 108 cm³/mol. The molecule has 1 amide bonds. The number of nitrogens with one attached hydrogen (secondary N) is 2. The minimum Gasteiger partial charge on any atom is -0.489 e. The van der Waals surface area contributed by atoms with E-state index in [0.717, 1.165) is 22.3 Å². The molecule has 0 fully saturated rings. The predicted octanol–water partition coefficient (Wildman–Crippen LogP) is 4.30. The Morgan fingerprint density at radius 3 is 2.44 bits per heavy atom. The summed E-state index contributed by atoms with van der Waals surface area (Å²) in [5.74, 6) is 1.12. The fraction of sp³-hybridized carbons (Fsp3) is 0.286. The lowest BCUT2D eigenvalue weighted by molar-refractivity contribution is 0.0943. The number of amides is 1. The highest BCUT2D eigenvalue weighted by Gasteiger charge is 2.09. The van der Waals surface area contributed by atoms with Crippen molar-refractivity contribution in [3.05, 3.63) is 54.2 Å². The summed E-state index contributed by atoms with van der Waals surface area (Å²) < 4.78 is 5.84. The third-order valence-corrected chi connectivity index (χ3v) is 3.76. The molecular formula is C21H24N4O2. The molecule has 3 aromatic rings. The Morgan fingerprint density at radius 1 is 1.04 bits per heavy atom. The quantitative estimate of drug-likeness (QED) is 0.682. The zero-order valence-corrected chi connectivity index (χ0v) is 16.0. The number of benzene rings is 2. The first-order valence-electron chi connectivity index (χ1n) is 9.03. The Balaban J connectivity index is 1.81. The first kappa shape index (κ1) is 18.6. The average molecular weight is 364 g/mol. The van der Waals surface area contributed by atoms with Crippen molar-refractivity contribution in [3.63, 3.8) is 0 Å². The van der Waals surface area contributed by atoms with E-state index in [2.05, 4.69) is 20.6 Å². The number of hydrogen-bond acceptors (Lipinski definition) is 5. The van der Waals surface area contributed by atoms with Gasteiger partial charge in [0.25, 0.3) is 5.91 Å². The molecule has 0 saturated heterocycles. The molecule has 6 nitrogen and oxygen atoms in total. The number of carbonyl (C=O) groups is 1. The summed E-state index contributed by atoms with van der Waals surface area (Å²) in [4.78, 5) is 21.0. The third-order valence-electron chi connectivity index (χ3n) is 3.76. The summed E-state index contributed by atoms with van der Waals surface area (Å²) >= 11 is 0. The molecule has 2 N–H and O–H groups in total. The lowest BCUT2D eigenvalue weighted by Crippen LogP contribution is -2.29. The first-order valence-corrected chi connectivity index (χ1v) is 9.03. The van der Waals surface area contributed by atoms with Gasteiger partial charge in [0.15, 0.2) is 0 Å². The molecule has 0 aliphatic rings. The van der Waals surface area contributed by atoms with Gasteiger partial charge in [-0.15, -0.1) is 0 Å². The number of aromatic nitrogens is 2. The first-order chi connectivity index (χ1) is 12.9. The van der Waals surface area contributed by atoms with Crippen LogP contribution < -0.4 is 15.4 Å². The van der Waals surface area contributed by atoms with Crippen molar-refractivity contribution in [3.8, 4) is 5.75 Å². The molecule has 27 heavy (non-hydrogen) atoms. The Morgan fingerprint density at radius 2 is 1.78 bits per heavy atom. The van der Waals surface area contributed by atoms with Crippen LogP contribution in [0.25, 0.3) is 10.9 Å². The number of hydrogen-bond donors (Lipinski definition) is 2. The summed E-state index contributed by atoms with van der Waals surface area (Å²) in [5.41, 5.74) is 2.18. The fourth-order valence-electron chi connectivity index (χ4n) is 2.62. The lowest BCUT2D eigenvalue weighted by Gasteiger charge is -2.12. The van der Waals surface area contributed by atoms with Crippen LogP contribution in [0, 0.1) is 0 Å². The summed E-state index contributed by atoms with van der Waals surface area (Å²) in [6.07, 6.45) is 1.83. The van der Waals surface area contributed by atoms with Crippen molar-refractivity contribution in [1.82, 2.24) is 15.3 Å². The van der Waals surface area contributed by atoms with Gasteiger partial charge in [-0.1, -0.05) is 12.1 Å². The second-order valence-corrected chi connectivity index (χ2v) is 6.88. The van der Waals surface area contributed by atoms with Crippen LogP contribution in [0.2, 0.25) is 0 Å². The highest BCUT2D eigenvalue weighted by atomic mass is 16.5. The number of ether oxygens (including phenoxy) is 1. The van der Waals surface area contributed by atoms with Gasteiger partial charge in [-0.3, -0.25) is 4.79 Å². The molecule has 3 rings (SSSR count). The van der Waals surface area contributed by atoms with Crippen LogP contribution >= 0.6 is 0 Å². The number of rotatable bonds is 6. The van der Waals surface area contributed by atoms with E-state index in [4.69, 9.17) is 4.74 Å². The van der Waals surface area contributed by atoms with Gasteiger partial charge in [-0.25, -0.2) is 9.97 Å². The normalized spacial score (nSPS) is 11.0. The second-order valence-electron chi connectivity index (χ2n) is 6.88. The van der Waals surface area contributed by atoms with Crippen molar-refractivity contribution < 1.29 is 9.53 Å². The van der Waals surface area contributed by atoms with Gasteiger partial charge in [-0.2, -0.15) is 0 Å². The van der Waals surface area contributed by atoms with Crippen molar-refractivity contribution in [2.24, 2.45) is 0 Å². The molecule has 0 radical (unpaired) electrons. The van der Waals surface area contributed by atoms with E-state index in [1.54, 1.807) is 18.3 Å². The Labute approximate surface area is 159 Å². The molecule has 0 atom stereocenters. The van der Waals surface area contributed by atoms with E-state index in [-0.39, 0.29) is 18.1 Å². The second kappa shape index (κ2) is 8.03. The summed E-state index contributed by atoms with van der Waals surface area (Å²) in [6.45, 7) is 7.83. The van der Waals surface area contributed by atoms with Gasteiger partial charge >= 0.3 is 0 Å². The van der Waals surface area contributed by atoms with Crippen molar-refractivity contribution >= 4 is 28.4 Å². The lowest BCUT2D eigenvalue weighted by atomic mass is 10.2. The minimum atomic E-state index is -0.0889. The smallest absolute Gasteiger partial charge is 0.251 e. The molecule has 0 unspecified atom stereocenters. The van der Waals surface area contributed by atoms with Crippen LogP contribution in [0.4, 0.5) is 11.6 Å². The number of carbonyl (C=O) groups excluding carboxylic acids is 1. The fourth-order valence-corrected chi connectivity index (χ4v) is 2.62. The topological polar surface area (TPSA) is 76.1 Å². The summed E-state index contributed by atoms with van der Waals surface area (Å²) in [6, 6.07) is 13.1. The van der Waals surface area contributed by atoms with Gasteiger partial charge in [0.05, 0.1) is 6.10 Å². The van der Waals surface area contributed by atoms with Crippen molar-refractivity contribution in [2.75, 3.05) is 5.32 Å². The van der Waals surface area contributed by atoms with Crippen molar-refractivity contribution in [2.45, 2.75) is 39.8 Å². The van der Waals surface area contributed by atoms with E-state index in [0.29, 0.717) is 11.5 Å². The molecule has 0 aliphatic carbocycles. The molecule has 1 heterocycles. The Bertz CT molecular complexity index is 937. The van der Waals surface area contributed by atoms with Crippen LogP contribution in [0.5, 0.6) is 5.75 Å². The number of fused-ring (bicyclic) bond motifs is 1. The molecule has 0 spiro atoms. The maximum atomic E-state index is 12.0. The average Bonchev–Trinajstić information content (AvgIpc) is 2.62. The van der Waals surface area contributed by atoms with E-state index in [9.17, 15) is 4.79 Å². The molecule has 0 saturated carbocycles. The van der Waals surface area contributed by atoms with Gasteiger partial charge in [0.2, 0.25) is 5.95 Å². The largest absolute Gasteiger partial charge is 0.489 e. The zero-order valence-electron chi connectivity index (χ0n) is 16.0. The van der Waals surface area contributed by atoms with Crippen LogP contribution in [-0.2, 0) is 0 Å². The van der Waals surface area contributed by atoms with Crippen molar-refractivity contribution in [1.29, 1.82) is 0 Å². The number of nitrogens with zero attached hydrogens (tertiary/aromatic N) is 2. The standard InChI is InChI=1S/C21H24N4O2/c1-13(2)23-20(26)15-8-10-17(11-9-15)24-21-22-12-16-6-5-7-18(19(16)25-21)27-14(3)4/h5-14H,1-4H3,(H,23,26)(H,22,24,25). The Kier molecular flexibility index (Phi) is 5.54. The van der Waals surface area contributed by atoms with Gasteiger partial charge in [0.1, 0.15) is 11.3 Å². The summed E-state index contributed by atoms with van der Waals surface area (Å²) in [5, 5.41) is 6.96. The zero-order chi connectivity index (χ0) is 19.4. The monoisotopic (exact) mass is 364 g/mol. The molecule has 0 bridgehead atoms. The van der Waals surface area contributed by atoms with Crippen LogP contribution in [0.1, 0.15) is 38.1 Å². The minimum absolute atomic E-state index is 0.0616. The third kappa shape index (κ3) is 4.73. The van der Waals surface area contributed by atoms with E-state index < -0.39 is 0 Å². The van der Waals surface area contributed by atoms with Crippen LogP contribution in [-0.4, -0.2) is 28.0 Å².